The van der Waals surface area contributed by atoms with Crippen molar-refractivity contribution in [3.05, 3.63) is 29.8 Å². The molecule has 0 saturated carbocycles. The Labute approximate surface area is 168 Å². The minimum atomic E-state index is -3.01. The number of carbonyl (C=O) groups excluding carboxylic acids is 2. The summed E-state index contributed by atoms with van der Waals surface area (Å²) in [6.45, 7) is 0.744. The zero-order valence-electron chi connectivity index (χ0n) is 15.4. The number of rotatable bonds is 4. The Morgan fingerprint density at radius 3 is 2.50 bits per heavy atom. The van der Waals surface area contributed by atoms with Gasteiger partial charge in [0.15, 0.2) is 0 Å². The van der Waals surface area contributed by atoms with E-state index >= 15 is 0 Å². The van der Waals surface area contributed by atoms with Gasteiger partial charge in [-0.25, -0.2) is 0 Å². The van der Waals surface area contributed by atoms with E-state index in [4.69, 9.17) is 0 Å². The molecule has 0 bridgehead atoms. The van der Waals surface area contributed by atoms with Crippen LogP contribution in [0.5, 0.6) is 5.75 Å². The normalized spacial score (nSPS) is 26.3. The van der Waals surface area contributed by atoms with Crippen LogP contribution in [0.2, 0.25) is 0 Å². The molecule has 1 N–H and O–H groups in total. The second kappa shape index (κ2) is 8.61. The van der Waals surface area contributed by atoms with Crippen molar-refractivity contribution >= 4 is 24.2 Å². The zero-order valence-corrected chi connectivity index (χ0v) is 16.2. The van der Waals surface area contributed by atoms with Gasteiger partial charge in [0.1, 0.15) is 11.8 Å². The molecule has 1 aromatic carbocycles. The zero-order chi connectivity index (χ0) is 19.0. The van der Waals surface area contributed by atoms with Crippen molar-refractivity contribution in [1.82, 2.24) is 15.1 Å². The fraction of sp³-hybridized carbons (Fsp3) is 0.579. The second-order valence-electron chi connectivity index (χ2n) is 7.45. The topological polar surface area (TPSA) is 61.9 Å². The first-order chi connectivity index (χ1) is 13.0. The Morgan fingerprint density at radius 2 is 1.82 bits per heavy atom. The summed E-state index contributed by atoms with van der Waals surface area (Å²) in [6.07, 6.45) is 1.33. The number of carbonyl (C=O) groups is 2. The molecule has 1 aromatic rings. The van der Waals surface area contributed by atoms with Crippen molar-refractivity contribution in [2.45, 2.75) is 25.5 Å². The predicted octanol–water partition coefficient (Wildman–Crippen LogP) is 1.99. The maximum atomic E-state index is 13.0. The van der Waals surface area contributed by atoms with E-state index in [1.165, 1.54) is 23.1 Å². The number of amides is 2. The van der Waals surface area contributed by atoms with Gasteiger partial charge in [-0.3, -0.25) is 9.59 Å². The van der Waals surface area contributed by atoms with Gasteiger partial charge in [-0.2, -0.15) is 8.78 Å². The molecular weight excluding hydrogens is 392 g/mol. The van der Waals surface area contributed by atoms with E-state index in [1.54, 1.807) is 6.07 Å². The van der Waals surface area contributed by atoms with Gasteiger partial charge >= 0.3 is 6.61 Å². The molecule has 2 amide bonds. The van der Waals surface area contributed by atoms with Crippen LogP contribution in [-0.2, 0) is 4.79 Å². The summed E-state index contributed by atoms with van der Waals surface area (Å²) >= 11 is 0. The summed E-state index contributed by atoms with van der Waals surface area (Å²) in [7, 11) is 0. The monoisotopic (exact) mass is 415 g/mol. The van der Waals surface area contributed by atoms with E-state index in [1.807, 2.05) is 4.90 Å². The highest BCUT2D eigenvalue weighted by atomic mass is 35.5. The first-order valence-electron chi connectivity index (χ1n) is 9.39. The first kappa shape index (κ1) is 20.8. The minimum absolute atomic E-state index is 0. The lowest BCUT2D eigenvalue weighted by Gasteiger charge is -2.29. The van der Waals surface area contributed by atoms with E-state index in [0.717, 1.165) is 32.6 Å². The standard InChI is InChI=1S/C19H23F2N3O3.ClH/c20-19(21)27-16-6-2-1-4-14(16)17(25)24-7-3-5-15(24)18(26)23-10-12-8-22-9-13(12)11-23;/h1-2,4,6,12-13,15,19,22H,3,5,7-11H2;1H/t12-,13+,15?;. The molecule has 3 saturated heterocycles. The summed E-state index contributed by atoms with van der Waals surface area (Å²) < 4.78 is 29.8. The lowest BCUT2D eigenvalue weighted by Crippen LogP contribution is -2.47. The third-order valence-electron chi connectivity index (χ3n) is 5.83. The highest BCUT2D eigenvalue weighted by Crippen LogP contribution is 2.31. The number of benzene rings is 1. The quantitative estimate of drug-likeness (QED) is 0.817. The van der Waals surface area contributed by atoms with Crippen LogP contribution in [0.15, 0.2) is 24.3 Å². The van der Waals surface area contributed by atoms with Gasteiger partial charge in [-0.05, 0) is 36.8 Å². The molecule has 154 valence electrons. The van der Waals surface area contributed by atoms with Gasteiger partial charge in [0.25, 0.3) is 5.91 Å². The summed E-state index contributed by atoms with van der Waals surface area (Å²) in [5, 5.41) is 3.35. The van der Waals surface area contributed by atoms with Crippen LogP contribution < -0.4 is 10.1 Å². The van der Waals surface area contributed by atoms with Crippen molar-refractivity contribution in [1.29, 1.82) is 0 Å². The Bertz CT molecular complexity index is 724. The number of hydrogen-bond acceptors (Lipinski definition) is 4. The third kappa shape index (κ3) is 3.93. The molecule has 0 aliphatic carbocycles. The largest absolute Gasteiger partial charge is 0.434 e. The number of nitrogens with zero attached hydrogens (tertiary/aromatic N) is 2. The Hall–Kier alpha value is -1.93. The second-order valence-corrected chi connectivity index (χ2v) is 7.45. The molecule has 4 rings (SSSR count). The molecule has 3 aliphatic rings. The molecule has 0 spiro atoms. The molecule has 6 nitrogen and oxygen atoms in total. The number of ether oxygens (including phenoxy) is 1. The molecule has 3 aliphatic heterocycles. The molecule has 3 atom stereocenters. The van der Waals surface area contributed by atoms with Gasteiger partial charge in [0.05, 0.1) is 5.56 Å². The summed E-state index contributed by atoms with van der Waals surface area (Å²) in [4.78, 5) is 29.4. The average molecular weight is 416 g/mol. The number of likely N-dealkylation sites (tertiary alicyclic amines) is 2. The van der Waals surface area contributed by atoms with Crippen molar-refractivity contribution in [3.8, 4) is 5.75 Å². The van der Waals surface area contributed by atoms with Gasteiger partial charge in [-0.1, -0.05) is 12.1 Å². The highest BCUT2D eigenvalue weighted by molar-refractivity contribution is 6.00. The van der Waals surface area contributed by atoms with Crippen molar-refractivity contribution in [2.24, 2.45) is 11.8 Å². The van der Waals surface area contributed by atoms with Gasteiger partial charge in [-0.15, -0.1) is 12.4 Å². The number of hydrogen-bond donors (Lipinski definition) is 1. The number of fused-ring (bicyclic) bond motifs is 1. The van der Waals surface area contributed by atoms with Crippen molar-refractivity contribution < 1.29 is 23.1 Å². The van der Waals surface area contributed by atoms with Crippen molar-refractivity contribution in [2.75, 3.05) is 32.7 Å². The molecule has 28 heavy (non-hydrogen) atoms. The Kier molecular flexibility index (Phi) is 6.40. The van der Waals surface area contributed by atoms with E-state index < -0.39 is 18.6 Å². The summed E-state index contributed by atoms with van der Waals surface area (Å²) in [5.74, 6) is 0.363. The summed E-state index contributed by atoms with van der Waals surface area (Å²) in [6, 6.07) is 5.43. The number of para-hydroxylation sites is 1. The summed E-state index contributed by atoms with van der Waals surface area (Å²) in [5.41, 5.74) is 0.0694. The van der Waals surface area contributed by atoms with Crippen LogP contribution in [0.4, 0.5) is 8.78 Å². The number of nitrogens with one attached hydrogen (secondary N) is 1. The van der Waals surface area contributed by atoms with E-state index in [-0.39, 0.29) is 29.6 Å². The van der Waals surface area contributed by atoms with Crippen LogP contribution in [-0.4, -0.2) is 67.0 Å². The van der Waals surface area contributed by atoms with Gasteiger partial charge in [0, 0.05) is 32.7 Å². The molecular formula is C19H24ClF2N3O3. The van der Waals surface area contributed by atoms with Crippen LogP contribution in [0.1, 0.15) is 23.2 Å². The Morgan fingerprint density at radius 1 is 1.14 bits per heavy atom. The lowest BCUT2D eigenvalue weighted by molar-refractivity contribution is -0.134. The third-order valence-corrected chi connectivity index (χ3v) is 5.83. The van der Waals surface area contributed by atoms with Crippen LogP contribution in [0.25, 0.3) is 0 Å². The SMILES string of the molecule is Cl.O=C(C1CCCN1C(=O)c1ccccc1OC(F)F)N1C[C@H]2CNC[C@H]2C1. The fourth-order valence-electron chi connectivity index (χ4n) is 4.51. The molecule has 3 fully saturated rings. The number of halogens is 3. The highest BCUT2D eigenvalue weighted by Gasteiger charge is 2.43. The van der Waals surface area contributed by atoms with E-state index in [9.17, 15) is 18.4 Å². The van der Waals surface area contributed by atoms with Gasteiger partial charge in [0.2, 0.25) is 5.91 Å². The number of alkyl halides is 2. The molecule has 0 radical (unpaired) electrons. The average Bonchev–Trinajstić information content (AvgIpc) is 3.36. The van der Waals surface area contributed by atoms with Gasteiger partial charge < -0.3 is 19.9 Å². The predicted molar refractivity (Wildman–Crippen MR) is 101 cm³/mol. The maximum absolute atomic E-state index is 13.0. The Balaban J connectivity index is 0.00000225. The van der Waals surface area contributed by atoms with Crippen LogP contribution in [0.3, 0.4) is 0 Å². The molecule has 0 aromatic heterocycles. The fourth-order valence-corrected chi connectivity index (χ4v) is 4.51. The smallest absolute Gasteiger partial charge is 0.387 e. The maximum Gasteiger partial charge on any atom is 0.387 e. The molecule has 3 heterocycles. The molecule has 1 unspecified atom stereocenters. The van der Waals surface area contributed by atoms with Crippen LogP contribution >= 0.6 is 12.4 Å². The van der Waals surface area contributed by atoms with E-state index in [2.05, 4.69) is 10.1 Å². The molecule has 9 heteroatoms. The van der Waals surface area contributed by atoms with Crippen LogP contribution in [0, 0.1) is 11.8 Å². The lowest BCUT2D eigenvalue weighted by atomic mass is 10.0. The first-order valence-corrected chi connectivity index (χ1v) is 9.39. The van der Waals surface area contributed by atoms with Crippen molar-refractivity contribution in [3.63, 3.8) is 0 Å². The minimum Gasteiger partial charge on any atom is -0.434 e. The van der Waals surface area contributed by atoms with E-state index in [0.29, 0.717) is 24.8 Å².